The van der Waals surface area contributed by atoms with E-state index >= 15 is 0 Å². The fourth-order valence-electron chi connectivity index (χ4n) is 4.71. The summed E-state index contributed by atoms with van der Waals surface area (Å²) in [5.74, 6) is 0.546. The molecule has 1 aliphatic heterocycles. The molecular weight excluding hydrogens is 264 g/mol. The van der Waals surface area contributed by atoms with Gasteiger partial charge < -0.3 is 9.47 Å². The summed E-state index contributed by atoms with van der Waals surface area (Å²) in [5, 5.41) is 0. The van der Waals surface area contributed by atoms with Crippen LogP contribution in [0.4, 0.5) is 0 Å². The Hall–Kier alpha value is -0.410. The first-order valence-corrected chi connectivity index (χ1v) is 8.95. The summed E-state index contributed by atoms with van der Waals surface area (Å²) < 4.78 is 11.3. The van der Waals surface area contributed by atoms with Gasteiger partial charge in [-0.05, 0) is 63.2 Å². The van der Waals surface area contributed by atoms with Crippen LogP contribution >= 0.6 is 0 Å². The van der Waals surface area contributed by atoms with Crippen molar-refractivity contribution in [3.8, 4) is 0 Å². The van der Waals surface area contributed by atoms with Crippen LogP contribution in [0.1, 0.15) is 77.6 Å². The Morgan fingerprint density at radius 1 is 1.24 bits per heavy atom. The van der Waals surface area contributed by atoms with Crippen molar-refractivity contribution in [3.63, 3.8) is 0 Å². The van der Waals surface area contributed by atoms with E-state index in [1.807, 2.05) is 0 Å². The quantitative estimate of drug-likeness (QED) is 0.597. The second kappa shape index (κ2) is 6.37. The molecule has 4 rings (SSSR count). The van der Waals surface area contributed by atoms with Gasteiger partial charge in [-0.1, -0.05) is 13.3 Å². The van der Waals surface area contributed by atoms with Crippen LogP contribution in [-0.4, -0.2) is 25.3 Å². The van der Waals surface area contributed by atoms with E-state index in [9.17, 15) is 4.79 Å². The van der Waals surface area contributed by atoms with Crippen molar-refractivity contribution >= 4 is 5.78 Å². The molecule has 2 bridgehead atoms. The van der Waals surface area contributed by atoms with Gasteiger partial charge in [-0.25, -0.2) is 0 Å². The maximum absolute atomic E-state index is 12.0. The van der Waals surface area contributed by atoms with Gasteiger partial charge in [0.1, 0.15) is 5.78 Å². The highest BCUT2D eigenvalue weighted by Gasteiger charge is 2.69. The normalized spacial score (nSPS) is 37.7. The van der Waals surface area contributed by atoms with Crippen molar-refractivity contribution in [1.82, 2.24) is 0 Å². The number of rotatable bonds is 9. The van der Waals surface area contributed by atoms with E-state index in [4.69, 9.17) is 9.47 Å². The number of unbranched alkanes of at least 4 members (excludes halogenated alkanes) is 1. The van der Waals surface area contributed by atoms with Gasteiger partial charge >= 0.3 is 0 Å². The molecule has 4 aliphatic rings. The van der Waals surface area contributed by atoms with E-state index in [0.717, 1.165) is 38.9 Å². The third kappa shape index (κ3) is 3.19. The SMILES string of the molecule is CCCC(=O)C12CC(CCCCOC3CCCCO3)(C1)C2. The van der Waals surface area contributed by atoms with Crippen LogP contribution in [-0.2, 0) is 14.3 Å². The number of carbonyl (C=O) groups excluding carboxylic acids is 1. The summed E-state index contributed by atoms with van der Waals surface area (Å²) in [4.78, 5) is 12.0. The summed E-state index contributed by atoms with van der Waals surface area (Å²) in [6, 6.07) is 0. The molecule has 3 nitrogen and oxygen atoms in total. The molecule has 21 heavy (non-hydrogen) atoms. The van der Waals surface area contributed by atoms with E-state index in [0.29, 0.717) is 11.2 Å². The minimum absolute atomic E-state index is 0.0589. The highest BCUT2D eigenvalue weighted by Crippen LogP contribution is 2.75. The van der Waals surface area contributed by atoms with Crippen molar-refractivity contribution in [2.75, 3.05) is 13.2 Å². The number of ketones is 1. The lowest BCUT2D eigenvalue weighted by Gasteiger charge is -2.70. The van der Waals surface area contributed by atoms with Crippen molar-refractivity contribution in [2.24, 2.45) is 10.8 Å². The molecule has 3 aliphatic carbocycles. The molecule has 0 aromatic rings. The predicted molar refractivity (Wildman–Crippen MR) is 82.0 cm³/mol. The maximum atomic E-state index is 12.0. The molecule has 3 saturated carbocycles. The van der Waals surface area contributed by atoms with Crippen LogP contribution in [0, 0.1) is 10.8 Å². The molecule has 0 radical (unpaired) electrons. The largest absolute Gasteiger partial charge is 0.353 e. The predicted octanol–water partition coefficient (Wildman–Crippen LogP) is 4.24. The van der Waals surface area contributed by atoms with Gasteiger partial charge in [-0.3, -0.25) is 4.79 Å². The summed E-state index contributed by atoms with van der Waals surface area (Å²) in [6.45, 7) is 3.80. The second-order valence-electron chi connectivity index (χ2n) is 7.61. The highest BCUT2D eigenvalue weighted by atomic mass is 16.7. The van der Waals surface area contributed by atoms with Crippen LogP contribution in [0.5, 0.6) is 0 Å². The minimum Gasteiger partial charge on any atom is -0.353 e. The summed E-state index contributed by atoms with van der Waals surface area (Å²) in [6.07, 6.45) is 12.6. The fraction of sp³-hybridized carbons (Fsp3) is 0.944. The van der Waals surface area contributed by atoms with Crippen LogP contribution in [0.15, 0.2) is 0 Å². The Balaban J connectivity index is 1.24. The van der Waals surface area contributed by atoms with E-state index < -0.39 is 0 Å². The molecule has 0 spiro atoms. The summed E-state index contributed by atoms with van der Waals surface area (Å²) in [7, 11) is 0. The number of carbonyl (C=O) groups is 1. The molecule has 1 atom stereocenters. The first kappa shape index (κ1) is 15.5. The zero-order chi connectivity index (χ0) is 14.8. The van der Waals surface area contributed by atoms with Crippen molar-refractivity contribution in [1.29, 1.82) is 0 Å². The van der Waals surface area contributed by atoms with E-state index in [-0.39, 0.29) is 11.7 Å². The average molecular weight is 294 g/mol. The maximum Gasteiger partial charge on any atom is 0.157 e. The van der Waals surface area contributed by atoms with Gasteiger partial charge in [-0.15, -0.1) is 0 Å². The molecule has 3 heteroatoms. The molecule has 120 valence electrons. The van der Waals surface area contributed by atoms with Gasteiger partial charge in [0.2, 0.25) is 0 Å². The molecule has 0 aromatic heterocycles. The lowest BCUT2D eigenvalue weighted by molar-refractivity contribution is -0.209. The van der Waals surface area contributed by atoms with Gasteiger partial charge in [0, 0.05) is 25.0 Å². The number of Topliss-reactive ketones (excluding diaryl/α,β-unsaturated/α-hetero) is 1. The monoisotopic (exact) mass is 294 g/mol. The van der Waals surface area contributed by atoms with Gasteiger partial charge in [0.25, 0.3) is 0 Å². The molecule has 1 saturated heterocycles. The molecule has 4 fully saturated rings. The Labute approximate surface area is 128 Å². The van der Waals surface area contributed by atoms with E-state index in [1.54, 1.807) is 0 Å². The van der Waals surface area contributed by atoms with Gasteiger partial charge in [-0.2, -0.15) is 0 Å². The third-order valence-corrected chi connectivity index (χ3v) is 5.75. The average Bonchev–Trinajstić information content (AvgIpc) is 2.40. The van der Waals surface area contributed by atoms with Gasteiger partial charge in [0.15, 0.2) is 6.29 Å². The third-order valence-electron chi connectivity index (χ3n) is 5.75. The molecular formula is C18H30O3. The van der Waals surface area contributed by atoms with Crippen molar-refractivity contribution in [2.45, 2.75) is 83.8 Å². The molecule has 1 heterocycles. The topological polar surface area (TPSA) is 35.5 Å². The second-order valence-corrected chi connectivity index (χ2v) is 7.61. The lowest BCUT2D eigenvalue weighted by atomic mass is 9.33. The summed E-state index contributed by atoms with van der Waals surface area (Å²) in [5.41, 5.74) is 0.688. The van der Waals surface area contributed by atoms with Crippen LogP contribution < -0.4 is 0 Å². The van der Waals surface area contributed by atoms with E-state index in [2.05, 4.69) is 6.92 Å². The first-order chi connectivity index (χ1) is 10.2. The molecule has 0 N–H and O–H groups in total. The highest BCUT2D eigenvalue weighted by molar-refractivity contribution is 5.88. The molecule has 1 unspecified atom stereocenters. The molecule has 0 amide bonds. The van der Waals surface area contributed by atoms with Crippen LogP contribution in [0.25, 0.3) is 0 Å². The lowest BCUT2D eigenvalue weighted by Crippen LogP contribution is -2.65. The Bertz CT molecular complexity index is 351. The van der Waals surface area contributed by atoms with Gasteiger partial charge in [0.05, 0.1) is 0 Å². The van der Waals surface area contributed by atoms with Crippen LogP contribution in [0.3, 0.4) is 0 Å². The Morgan fingerprint density at radius 3 is 2.71 bits per heavy atom. The Morgan fingerprint density at radius 2 is 2.05 bits per heavy atom. The number of hydrogen-bond donors (Lipinski definition) is 0. The summed E-state index contributed by atoms with van der Waals surface area (Å²) >= 11 is 0. The van der Waals surface area contributed by atoms with Crippen molar-refractivity contribution in [3.05, 3.63) is 0 Å². The fourth-order valence-corrected chi connectivity index (χ4v) is 4.71. The molecule has 0 aromatic carbocycles. The zero-order valence-corrected chi connectivity index (χ0v) is 13.5. The van der Waals surface area contributed by atoms with Crippen LogP contribution in [0.2, 0.25) is 0 Å². The minimum atomic E-state index is 0.0589. The first-order valence-electron chi connectivity index (χ1n) is 8.95. The smallest absolute Gasteiger partial charge is 0.157 e. The number of hydrogen-bond acceptors (Lipinski definition) is 3. The Kier molecular flexibility index (Phi) is 4.70. The number of ether oxygens (including phenoxy) is 2. The standard InChI is InChI=1S/C18H30O3/c1-2-7-15(19)18-12-17(13-18,14-18)9-4-6-11-21-16-8-3-5-10-20-16/h16H,2-14H2,1H3. The zero-order valence-electron chi connectivity index (χ0n) is 13.5. The van der Waals surface area contributed by atoms with E-state index in [1.165, 1.54) is 44.9 Å². The van der Waals surface area contributed by atoms with Crippen molar-refractivity contribution < 1.29 is 14.3 Å².